The molecule has 2 aromatic carbocycles. The van der Waals surface area contributed by atoms with Gasteiger partial charge < -0.3 is 4.74 Å². The van der Waals surface area contributed by atoms with Crippen LogP contribution in [0.2, 0.25) is 5.02 Å². The fraction of sp³-hybridized carbons (Fsp3) is 0.235. The fourth-order valence-electron chi connectivity index (χ4n) is 1.92. The highest BCUT2D eigenvalue weighted by molar-refractivity contribution is 6.35. The maximum atomic E-state index is 11.9. The maximum absolute atomic E-state index is 11.9. The molecule has 0 aromatic heterocycles. The van der Waals surface area contributed by atoms with Crippen molar-refractivity contribution in [3.05, 3.63) is 41.4 Å². The van der Waals surface area contributed by atoms with Crippen LogP contribution in [0.3, 0.4) is 0 Å². The van der Waals surface area contributed by atoms with Gasteiger partial charge >= 0.3 is 12.0 Å². The average molecular weight is 341 g/mol. The zero-order chi connectivity index (χ0) is 16.9. The van der Waals surface area contributed by atoms with Gasteiger partial charge in [-0.05, 0) is 24.5 Å². The number of halogens is 4. The molecule has 0 fully saturated rings. The molecule has 0 aliphatic rings. The van der Waals surface area contributed by atoms with Crippen LogP contribution < -0.4 is 4.74 Å². The van der Waals surface area contributed by atoms with E-state index in [0.29, 0.717) is 17.2 Å². The second-order valence-electron chi connectivity index (χ2n) is 4.67. The number of hydrogen-bond acceptors (Lipinski definition) is 2. The Morgan fingerprint density at radius 3 is 2.52 bits per heavy atom. The zero-order valence-electron chi connectivity index (χ0n) is 11.9. The van der Waals surface area contributed by atoms with Crippen molar-refractivity contribution in [1.82, 2.24) is 0 Å². The Bertz CT molecular complexity index is 773. The van der Waals surface area contributed by atoms with Crippen LogP contribution in [0.1, 0.15) is 12.8 Å². The molecule has 0 atom stereocenters. The molecule has 0 aliphatic heterocycles. The molecule has 0 saturated carbocycles. The molecule has 0 heterocycles. The minimum atomic E-state index is -4.90. The number of ketones is 1. The van der Waals surface area contributed by atoms with Gasteiger partial charge in [-0.3, -0.25) is 4.79 Å². The number of benzene rings is 2. The van der Waals surface area contributed by atoms with Gasteiger partial charge in [0, 0.05) is 22.2 Å². The van der Waals surface area contributed by atoms with Crippen LogP contribution in [0.15, 0.2) is 36.4 Å². The van der Waals surface area contributed by atoms with E-state index in [0.717, 1.165) is 10.8 Å². The quantitative estimate of drug-likeness (QED) is 0.454. The molecule has 0 saturated heterocycles. The molecule has 0 radical (unpaired) electrons. The Morgan fingerprint density at radius 2 is 1.83 bits per heavy atom. The van der Waals surface area contributed by atoms with Gasteiger partial charge in [-0.2, -0.15) is 13.2 Å². The molecule has 2 aromatic rings. The van der Waals surface area contributed by atoms with E-state index in [1.807, 2.05) is 24.3 Å². The molecule has 2 nitrogen and oxygen atoms in total. The molecule has 0 bridgehead atoms. The van der Waals surface area contributed by atoms with Crippen molar-refractivity contribution in [2.45, 2.75) is 19.0 Å². The van der Waals surface area contributed by atoms with E-state index in [-0.39, 0.29) is 13.0 Å². The van der Waals surface area contributed by atoms with Gasteiger partial charge in [-0.1, -0.05) is 41.8 Å². The van der Waals surface area contributed by atoms with E-state index in [1.54, 1.807) is 18.1 Å². The summed E-state index contributed by atoms with van der Waals surface area (Å²) in [6.07, 6.45) is -4.34. The number of fused-ring (bicyclic) bond motifs is 1. The third-order valence-corrected chi connectivity index (χ3v) is 3.32. The van der Waals surface area contributed by atoms with Crippen LogP contribution in [-0.2, 0) is 4.79 Å². The van der Waals surface area contributed by atoms with Crippen molar-refractivity contribution in [1.29, 1.82) is 0 Å². The molecule has 0 spiro atoms. The minimum absolute atomic E-state index is 0.146. The van der Waals surface area contributed by atoms with Gasteiger partial charge in [-0.15, -0.1) is 0 Å². The number of rotatable bonds is 4. The summed E-state index contributed by atoms with van der Waals surface area (Å²) in [5, 5.41) is 2.34. The summed E-state index contributed by atoms with van der Waals surface area (Å²) in [5.74, 6) is 2.39. The van der Waals surface area contributed by atoms with Crippen molar-refractivity contribution >= 4 is 28.2 Å². The maximum Gasteiger partial charge on any atom is 0.462 e. The first-order valence-electron chi connectivity index (χ1n) is 6.79. The molecule has 0 aliphatic carbocycles. The fourth-order valence-corrected chi connectivity index (χ4v) is 2.14. The van der Waals surface area contributed by atoms with Crippen LogP contribution in [-0.4, -0.2) is 18.6 Å². The number of carbonyl (C=O) groups is 1. The number of carbonyl (C=O) groups excluding carboxylic acids is 1. The summed E-state index contributed by atoms with van der Waals surface area (Å²) in [7, 11) is 0. The normalized spacial score (nSPS) is 11.0. The summed E-state index contributed by atoms with van der Waals surface area (Å²) < 4.78 is 41.4. The Hall–Kier alpha value is -2.19. The van der Waals surface area contributed by atoms with E-state index in [1.165, 1.54) is 0 Å². The number of ether oxygens (including phenoxy) is 1. The van der Waals surface area contributed by atoms with Crippen LogP contribution in [0, 0.1) is 11.8 Å². The van der Waals surface area contributed by atoms with Crippen LogP contribution in [0.4, 0.5) is 13.2 Å². The highest BCUT2D eigenvalue weighted by Gasteiger charge is 2.36. The third kappa shape index (κ3) is 4.64. The third-order valence-electron chi connectivity index (χ3n) is 2.99. The molecular weight excluding hydrogens is 329 g/mol. The average Bonchev–Trinajstić information content (AvgIpc) is 2.51. The van der Waals surface area contributed by atoms with Crippen molar-refractivity contribution in [2.75, 3.05) is 6.61 Å². The Labute approximate surface area is 136 Å². The first-order chi connectivity index (χ1) is 10.9. The predicted octanol–water partition coefficient (Wildman–Crippen LogP) is 4.79. The lowest BCUT2D eigenvalue weighted by Crippen LogP contribution is -2.20. The van der Waals surface area contributed by atoms with E-state index in [2.05, 4.69) is 5.92 Å². The van der Waals surface area contributed by atoms with Crippen LogP contribution in [0.5, 0.6) is 5.75 Å². The Kier molecular flexibility index (Phi) is 5.51. The summed E-state index contributed by atoms with van der Waals surface area (Å²) in [6.45, 7) is 0.278. The number of Topliss-reactive ketones (excluding diaryl/α,β-unsaturated/α-hetero) is 1. The standard InChI is InChI=1S/C17H12ClF3O2/c18-14-9-10-15(13-7-4-3-6-12(13)14)23-11-5-1-2-8-16(22)17(19,20)21/h3-4,6-7,9-10H,1,5,11H2. The molecule has 120 valence electrons. The van der Waals surface area contributed by atoms with Crippen LogP contribution >= 0.6 is 11.6 Å². The molecule has 23 heavy (non-hydrogen) atoms. The molecule has 2 rings (SSSR count). The van der Waals surface area contributed by atoms with Gasteiger partial charge in [0.2, 0.25) is 0 Å². The van der Waals surface area contributed by atoms with Crippen molar-refractivity contribution < 1.29 is 22.7 Å². The smallest absolute Gasteiger partial charge is 0.462 e. The molecule has 0 N–H and O–H groups in total. The zero-order valence-corrected chi connectivity index (χ0v) is 12.7. The number of hydrogen-bond donors (Lipinski definition) is 0. The monoisotopic (exact) mass is 340 g/mol. The molecule has 0 unspecified atom stereocenters. The summed E-state index contributed by atoms with van der Waals surface area (Å²) in [4.78, 5) is 10.6. The summed E-state index contributed by atoms with van der Waals surface area (Å²) in [5.41, 5.74) is 0. The second-order valence-corrected chi connectivity index (χ2v) is 5.08. The van der Waals surface area contributed by atoms with Crippen molar-refractivity contribution in [2.24, 2.45) is 0 Å². The minimum Gasteiger partial charge on any atom is -0.493 e. The van der Waals surface area contributed by atoms with Crippen molar-refractivity contribution in [3.8, 4) is 17.6 Å². The first-order valence-corrected chi connectivity index (χ1v) is 7.17. The molecule has 0 amide bonds. The highest BCUT2D eigenvalue weighted by Crippen LogP contribution is 2.31. The predicted molar refractivity (Wildman–Crippen MR) is 82.5 cm³/mol. The van der Waals surface area contributed by atoms with E-state index in [4.69, 9.17) is 16.3 Å². The second kappa shape index (κ2) is 7.38. The van der Waals surface area contributed by atoms with Gasteiger partial charge in [-0.25, -0.2) is 0 Å². The SMILES string of the molecule is O=C(C#CCCCOc1ccc(Cl)c2ccccc12)C(F)(F)F. The Balaban J connectivity index is 1.90. The van der Waals surface area contributed by atoms with Crippen molar-refractivity contribution in [3.63, 3.8) is 0 Å². The van der Waals surface area contributed by atoms with E-state index >= 15 is 0 Å². The largest absolute Gasteiger partial charge is 0.493 e. The number of alkyl halides is 3. The summed E-state index contributed by atoms with van der Waals surface area (Å²) >= 11 is 6.10. The van der Waals surface area contributed by atoms with E-state index in [9.17, 15) is 18.0 Å². The van der Waals surface area contributed by atoms with Gasteiger partial charge in [0.1, 0.15) is 5.75 Å². The van der Waals surface area contributed by atoms with Gasteiger partial charge in [0.05, 0.1) is 6.61 Å². The molecular formula is C17H12ClF3O2. The van der Waals surface area contributed by atoms with Gasteiger partial charge in [0.25, 0.3) is 0 Å². The van der Waals surface area contributed by atoms with E-state index < -0.39 is 12.0 Å². The molecule has 6 heteroatoms. The lowest BCUT2D eigenvalue weighted by molar-refractivity contribution is -0.164. The van der Waals surface area contributed by atoms with Gasteiger partial charge in [0.15, 0.2) is 0 Å². The number of unbranched alkanes of at least 4 members (excludes halogenated alkanes) is 1. The lowest BCUT2D eigenvalue weighted by atomic mass is 10.1. The summed E-state index contributed by atoms with van der Waals surface area (Å²) in [6, 6.07) is 10.9. The topological polar surface area (TPSA) is 26.3 Å². The van der Waals surface area contributed by atoms with Crippen LogP contribution in [0.25, 0.3) is 10.8 Å². The Morgan fingerprint density at radius 1 is 1.13 bits per heavy atom. The lowest BCUT2D eigenvalue weighted by Gasteiger charge is -2.09. The first kappa shape index (κ1) is 17.2. The highest BCUT2D eigenvalue weighted by atomic mass is 35.5.